The Kier molecular flexibility index (Phi) is 2.92. The van der Waals surface area contributed by atoms with Crippen molar-refractivity contribution in [3.63, 3.8) is 0 Å². The van der Waals surface area contributed by atoms with Crippen LogP contribution >= 0.6 is 11.6 Å². The lowest BCUT2D eigenvalue weighted by molar-refractivity contribution is -0.116. The van der Waals surface area contributed by atoms with Gasteiger partial charge >= 0.3 is 0 Å². The van der Waals surface area contributed by atoms with Gasteiger partial charge in [0.25, 0.3) is 0 Å². The number of Topliss-reactive ketones (excluding diaryl/α,β-unsaturated/α-hetero) is 1. The zero-order chi connectivity index (χ0) is 11.7. The summed E-state index contributed by atoms with van der Waals surface area (Å²) in [6.45, 7) is 3.58. The molecule has 2 rings (SSSR count). The predicted molar refractivity (Wildman–Crippen MR) is 65.9 cm³/mol. The standard InChI is InChI=1S/C13H12ClNO/c1-8-5-11(6-9(2)16)15-13-4-3-10(14)7-12(8)13/h3-5,7H,6H2,1-2H3. The molecule has 0 atom stereocenters. The normalized spacial score (nSPS) is 10.7. The maximum absolute atomic E-state index is 11.1. The third kappa shape index (κ3) is 2.22. The molecular weight excluding hydrogens is 222 g/mol. The van der Waals surface area contributed by atoms with Gasteiger partial charge in [0.2, 0.25) is 0 Å². The first-order valence-corrected chi connectivity index (χ1v) is 5.49. The van der Waals surface area contributed by atoms with Crippen LogP contribution in [-0.4, -0.2) is 10.8 Å². The first-order valence-electron chi connectivity index (χ1n) is 5.11. The molecule has 0 unspecified atom stereocenters. The van der Waals surface area contributed by atoms with E-state index in [0.29, 0.717) is 11.4 Å². The number of hydrogen-bond donors (Lipinski definition) is 0. The SMILES string of the molecule is CC(=O)Cc1cc(C)c2cc(Cl)ccc2n1. The summed E-state index contributed by atoms with van der Waals surface area (Å²) in [6.07, 6.45) is 0.388. The molecule has 2 aromatic rings. The fourth-order valence-electron chi connectivity index (χ4n) is 1.78. The lowest BCUT2D eigenvalue weighted by Gasteiger charge is -2.05. The van der Waals surface area contributed by atoms with Crippen LogP contribution in [0.4, 0.5) is 0 Å². The molecule has 0 aliphatic heterocycles. The highest BCUT2D eigenvalue weighted by Crippen LogP contribution is 2.22. The summed E-state index contributed by atoms with van der Waals surface area (Å²) in [5, 5.41) is 1.75. The van der Waals surface area contributed by atoms with Crippen LogP contribution in [0.15, 0.2) is 24.3 Å². The summed E-state index contributed by atoms with van der Waals surface area (Å²) in [5.41, 5.74) is 2.81. The summed E-state index contributed by atoms with van der Waals surface area (Å²) in [5.74, 6) is 0.125. The van der Waals surface area contributed by atoms with Crippen molar-refractivity contribution in [2.24, 2.45) is 0 Å². The predicted octanol–water partition coefficient (Wildman–Crippen LogP) is 3.33. The van der Waals surface area contributed by atoms with Crippen LogP contribution < -0.4 is 0 Å². The smallest absolute Gasteiger partial charge is 0.135 e. The maximum atomic E-state index is 11.1. The first-order chi connectivity index (χ1) is 7.56. The Labute approximate surface area is 99.3 Å². The van der Waals surface area contributed by atoms with Crippen molar-refractivity contribution >= 4 is 28.3 Å². The van der Waals surface area contributed by atoms with E-state index in [1.54, 1.807) is 6.92 Å². The molecule has 0 fully saturated rings. The molecule has 0 aliphatic carbocycles. The molecule has 0 bridgehead atoms. The van der Waals surface area contributed by atoms with Gasteiger partial charge in [-0.05, 0) is 43.7 Å². The van der Waals surface area contributed by atoms with Crippen molar-refractivity contribution < 1.29 is 4.79 Å². The van der Waals surface area contributed by atoms with Crippen LogP contribution in [0.3, 0.4) is 0 Å². The van der Waals surface area contributed by atoms with Gasteiger partial charge in [-0.1, -0.05) is 11.6 Å². The lowest BCUT2D eigenvalue weighted by atomic mass is 10.1. The van der Waals surface area contributed by atoms with Crippen LogP contribution in [0.5, 0.6) is 0 Å². The molecule has 1 heterocycles. The number of ketones is 1. The Balaban J connectivity index is 2.59. The number of fused-ring (bicyclic) bond motifs is 1. The third-order valence-electron chi connectivity index (χ3n) is 2.46. The molecular formula is C13H12ClNO. The van der Waals surface area contributed by atoms with Crippen molar-refractivity contribution in [3.8, 4) is 0 Å². The van der Waals surface area contributed by atoms with Gasteiger partial charge in [-0.2, -0.15) is 0 Å². The molecule has 0 radical (unpaired) electrons. The van der Waals surface area contributed by atoms with Crippen molar-refractivity contribution in [2.75, 3.05) is 0 Å². The number of carbonyl (C=O) groups excluding carboxylic acids is 1. The Hall–Kier alpha value is -1.41. The molecule has 1 aromatic carbocycles. The number of aromatic nitrogens is 1. The van der Waals surface area contributed by atoms with Gasteiger partial charge in [-0.3, -0.25) is 9.78 Å². The van der Waals surface area contributed by atoms with E-state index in [0.717, 1.165) is 22.2 Å². The molecule has 0 amide bonds. The van der Waals surface area contributed by atoms with E-state index in [9.17, 15) is 4.79 Å². The van der Waals surface area contributed by atoms with Crippen LogP contribution in [0.2, 0.25) is 5.02 Å². The second kappa shape index (κ2) is 4.22. The monoisotopic (exact) mass is 233 g/mol. The van der Waals surface area contributed by atoms with E-state index >= 15 is 0 Å². The summed E-state index contributed by atoms with van der Waals surface area (Å²) < 4.78 is 0. The molecule has 2 nitrogen and oxygen atoms in total. The number of nitrogens with zero attached hydrogens (tertiary/aromatic N) is 1. The first kappa shape index (κ1) is 11.1. The summed E-state index contributed by atoms with van der Waals surface area (Å²) in [6, 6.07) is 7.54. The number of rotatable bonds is 2. The van der Waals surface area contributed by atoms with E-state index < -0.39 is 0 Å². The quantitative estimate of drug-likeness (QED) is 0.797. The number of carbonyl (C=O) groups is 1. The third-order valence-corrected chi connectivity index (χ3v) is 2.70. The summed E-state index contributed by atoms with van der Waals surface area (Å²) >= 11 is 5.93. The minimum absolute atomic E-state index is 0.125. The van der Waals surface area contributed by atoms with Crippen molar-refractivity contribution in [3.05, 3.63) is 40.5 Å². The highest BCUT2D eigenvalue weighted by atomic mass is 35.5. The highest BCUT2D eigenvalue weighted by molar-refractivity contribution is 6.31. The summed E-state index contributed by atoms with van der Waals surface area (Å²) in [4.78, 5) is 15.5. The lowest BCUT2D eigenvalue weighted by Crippen LogP contribution is -2.00. The summed E-state index contributed by atoms with van der Waals surface area (Å²) in [7, 11) is 0. The van der Waals surface area contributed by atoms with Crippen molar-refractivity contribution in [1.82, 2.24) is 4.98 Å². The van der Waals surface area contributed by atoms with Crippen molar-refractivity contribution in [1.29, 1.82) is 0 Å². The number of hydrogen-bond acceptors (Lipinski definition) is 2. The second-order valence-corrected chi connectivity index (χ2v) is 4.41. The fourth-order valence-corrected chi connectivity index (χ4v) is 1.95. The molecule has 0 aliphatic rings. The van der Waals surface area contributed by atoms with E-state index in [2.05, 4.69) is 4.98 Å². The van der Waals surface area contributed by atoms with Crippen LogP contribution in [0.25, 0.3) is 10.9 Å². The molecule has 82 valence electrons. The van der Waals surface area contributed by atoms with Gasteiger partial charge in [0.15, 0.2) is 0 Å². The topological polar surface area (TPSA) is 30.0 Å². The minimum atomic E-state index is 0.125. The maximum Gasteiger partial charge on any atom is 0.135 e. The van der Waals surface area contributed by atoms with Crippen LogP contribution in [0.1, 0.15) is 18.2 Å². The zero-order valence-electron chi connectivity index (χ0n) is 9.25. The molecule has 0 spiro atoms. The van der Waals surface area contributed by atoms with Gasteiger partial charge in [0.1, 0.15) is 5.78 Å². The van der Waals surface area contributed by atoms with E-state index in [1.165, 1.54) is 0 Å². The van der Waals surface area contributed by atoms with E-state index in [-0.39, 0.29) is 5.78 Å². The van der Waals surface area contributed by atoms with Crippen LogP contribution in [-0.2, 0) is 11.2 Å². The minimum Gasteiger partial charge on any atom is -0.300 e. The molecule has 3 heteroatoms. The fraction of sp³-hybridized carbons (Fsp3) is 0.231. The number of benzene rings is 1. The van der Waals surface area contributed by atoms with Gasteiger partial charge < -0.3 is 0 Å². The molecule has 1 aromatic heterocycles. The highest BCUT2D eigenvalue weighted by Gasteiger charge is 2.05. The van der Waals surface area contributed by atoms with E-state index in [4.69, 9.17) is 11.6 Å². The van der Waals surface area contributed by atoms with E-state index in [1.807, 2.05) is 31.2 Å². The Morgan fingerprint density at radius 2 is 2.12 bits per heavy atom. The number of halogens is 1. The Morgan fingerprint density at radius 3 is 2.81 bits per heavy atom. The zero-order valence-corrected chi connectivity index (χ0v) is 10.0. The molecule has 0 saturated carbocycles. The largest absolute Gasteiger partial charge is 0.300 e. The van der Waals surface area contributed by atoms with Gasteiger partial charge in [-0.25, -0.2) is 0 Å². The van der Waals surface area contributed by atoms with Crippen LogP contribution in [0, 0.1) is 6.92 Å². The average Bonchev–Trinajstić information content (AvgIpc) is 2.18. The average molecular weight is 234 g/mol. The molecule has 0 saturated heterocycles. The molecule has 0 N–H and O–H groups in total. The van der Waals surface area contributed by atoms with Gasteiger partial charge in [-0.15, -0.1) is 0 Å². The number of aryl methyl sites for hydroxylation is 1. The number of pyridine rings is 1. The second-order valence-electron chi connectivity index (χ2n) is 3.97. The molecule has 16 heavy (non-hydrogen) atoms. The van der Waals surface area contributed by atoms with Crippen molar-refractivity contribution in [2.45, 2.75) is 20.3 Å². The Bertz CT molecular complexity index is 563. The Morgan fingerprint density at radius 1 is 1.38 bits per heavy atom. The van der Waals surface area contributed by atoms with Gasteiger partial charge in [0.05, 0.1) is 5.52 Å². The van der Waals surface area contributed by atoms with Gasteiger partial charge in [0, 0.05) is 22.5 Å².